The number of carbonyl (C=O) groups excluding carboxylic acids is 1. The molecule has 1 aromatic carbocycles. The second-order valence-corrected chi connectivity index (χ2v) is 6.41. The fraction of sp³-hybridized carbons (Fsp3) is 0.412. The van der Waals surface area contributed by atoms with Gasteiger partial charge in [0.25, 0.3) is 5.69 Å². The smallest absolute Gasteiger partial charge is 0.273 e. The van der Waals surface area contributed by atoms with Crippen LogP contribution in [0.5, 0.6) is 0 Å². The molecule has 7 nitrogen and oxygen atoms in total. The maximum atomic E-state index is 11.6. The van der Waals surface area contributed by atoms with E-state index in [9.17, 15) is 14.9 Å². The quantitative estimate of drug-likeness (QED) is 0.531. The molecule has 1 aromatic heterocycles. The molecule has 8 heteroatoms. The summed E-state index contributed by atoms with van der Waals surface area (Å²) >= 11 is 1.44. The number of thiazole rings is 1. The van der Waals surface area contributed by atoms with Crippen molar-refractivity contribution in [2.75, 3.05) is 18.0 Å². The van der Waals surface area contributed by atoms with Crippen LogP contribution in [0.4, 0.5) is 10.8 Å². The molecule has 2 rings (SSSR count). The number of rotatable bonds is 8. The van der Waals surface area contributed by atoms with Crippen molar-refractivity contribution >= 4 is 28.1 Å². The van der Waals surface area contributed by atoms with Crippen LogP contribution in [-0.4, -0.2) is 33.8 Å². The SMILES string of the molecule is CCN(Cc1csc(N(CC)C(C)=O)n1)Cc1ccccc1[N+](=O)[O-]. The highest BCUT2D eigenvalue weighted by molar-refractivity contribution is 7.14. The van der Waals surface area contributed by atoms with Gasteiger partial charge >= 0.3 is 0 Å². The summed E-state index contributed by atoms with van der Waals surface area (Å²) in [5.74, 6) is -0.0318. The molecule has 0 fully saturated rings. The van der Waals surface area contributed by atoms with Crippen LogP contribution < -0.4 is 4.90 Å². The van der Waals surface area contributed by atoms with Gasteiger partial charge in [0.2, 0.25) is 5.91 Å². The first-order valence-electron chi connectivity index (χ1n) is 8.13. The summed E-state index contributed by atoms with van der Waals surface area (Å²) in [7, 11) is 0. The van der Waals surface area contributed by atoms with Gasteiger partial charge in [0.15, 0.2) is 5.13 Å². The van der Waals surface area contributed by atoms with Crippen LogP contribution in [0.2, 0.25) is 0 Å². The number of anilines is 1. The van der Waals surface area contributed by atoms with E-state index in [2.05, 4.69) is 9.88 Å². The van der Waals surface area contributed by atoms with Crippen LogP contribution in [0.25, 0.3) is 0 Å². The van der Waals surface area contributed by atoms with Gasteiger partial charge in [-0.05, 0) is 13.5 Å². The summed E-state index contributed by atoms with van der Waals surface area (Å²) < 4.78 is 0. The number of nitrogens with zero attached hydrogens (tertiary/aromatic N) is 4. The zero-order valence-corrected chi connectivity index (χ0v) is 15.5. The van der Waals surface area contributed by atoms with E-state index in [0.29, 0.717) is 30.3 Å². The third-order valence-corrected chi connectivity index (χ3v) is 4.79. The molecule has 0 saturated carbocycles. The first kappa shape index (κ1) is 19.0. The van der Waals surface area contributed by atoms with E-state index in [-0.39, 0.29) is 16.5 Å². The Bertz CT molecular complexity index is 747. The van der Waals surface area contributed by atoms with Crippen molar-refractivity contribution in [2.24, 2.45) is 0 Å². The first-order chi connectivity index (χ1) is 12.0. The Labute approximate surface area is 151 Å². The number of hydrogen-bond donors (Lipinski definition) is 0. The Hall–Kier alpha value is -2.32. The van der Waals surface area contributed by atoms with Gasteiger partial charge in [-0.3, -0.25) is 24.7 Å². The lowest BCUT2D eigenvalue weighted by Crippen LogP contribution is -2.28. The number of carbonyl (C=O) groups is 1. The number of aromatic nitrogens is 1. The van der Waals surface area contributed by atoms with E-state index >= 15 is 0 Å². The molecule has 0 spiro atoms. The fourth-order valence-corrected chi connectivity index (χ4v) is 3.48. The number of benzene rings is 1. The molecule has 1 amide bonds. The minimum Gasteiger partial charge on any atom is -0.293 e. The fourth-order valence-electron chi connectivity index (χ4n) is 2.56. The molecule has 0 aliphatic rings. The summed E-state index contributed by atoms with van der Waals surface area (Å²) in [6, 6.07) is 6.78. The van der Waals surface area contributed by atoms with Crippen molar-refractivity contribution in [3.8, 4) is 0 Å². The molecular weight excluding hydrogens is 340 g/mol. The molecule has 0 aliphatic carbocycles. The Balaban J connectivity index is 2.12. The third-order valence-electron chi connectivity index (χ3n) is 3.88. The average Bonchev–Trinajstić information content (AvgIpc) is 3.03. The van der Waals surface area contributed by atoms with Gasteiger partial charge in [0.05, 0.1) is 10.6 Å². The molecule has 2 aromatic rings. The maximum Gasteiger partial charge on any atom is 0.273 e. The lowest BCUT2D eigenvalue weighted by molar-refractivity contribution is -0.385. The maximum absolute atomic E-state index is 11.6. The van der Waals surface area contributed by atoms with Gasteiger partial charge in [0, 0.05) is 43.6 Å². The van der Waals surface area contributed by atoms with E-state index in [1.807, 2.05) is 25.3 Å². The topological polar surface area (TPSA) is 79.6 Å². The standard InChI is InChI=1S/C17H22N4O3S/c1-4-19(10-14-8-6-7-9-16(14)21(23)24)11-15-12-25-17(18-15)20(5-2)13(3)22/h6-9,12H,4-5,10-11H2,1-3H3. The van der Waals surface area contributed by atoms with Crippen LogP contribution >= 0.6 is 11.3 Å². The van der Waals surface area contributed by atoms with Crippen molar-refractivity contribution < 1.29 is 9.72 Å². The Morgan fingerprint density at radius 3 is 2.56 bits per heavy atom. The van der Waals surface area contributed by atoms with E-state index in [4.69, 9.17) is 0 Å². The van der Waals surface area contributed by atoms with Gasteiger partial charge in [-0.2, -0.15) is 0 Å². The number of nitro groups is 1. The average molecular weight is 362 g/mol. The normalized spacial score (nSPS) is 10.9. The lowest BCUT2D eigenvalue weighted by Gasteiger charge is -2.19. The molecule has 0 aliphatic heterocycles. The minimum absolute atomic E-state index is 0.0318. The summed E-state index contributed by atoms with van der Waals surface area (Å²) in [5, 5.41) is 13.8. The van der Waals surface area contributed by atoms with Gasteiger partial charge in [-0.25, -0.2) is 4.98 Å². The summed E-state index contributed by atoms with van der Waals surface area (Å²) in [4.78, 5) is 30.7. The number of hydrogen-bond acceptors (Lipinski definition) is 6. The molecule has 1 heterocycles. The predicted molar refractivity (Wildman–Crippen MR) is 98.7 cm³/mol. The van der Waals surface area contributed by atoms with E-state index in [0.717, 1.165) is 12.2 Å². The zero-order valence-electron chi connectivity index (χ0n) is 14.6. The molecular formula is C17H22N4O3S. The van der Waals surface area contributed by atoms with Gasteiger partial charge in [0.1, 0.15) is 0 Å². The van der Waals surface area contributed by atoms with Crippen LogP contribution in [0.3, 0.4) is 0 Å². The van der Waals surface area contributed by atoms with Gasteiger partial charge < -0.3 is 0 Å². The highest BCUT2D eigenvalue weighted by Crippen LogP contribution is 2.23. The molecule has 0 saturated heterocycles. The first-order valence-corrected chi connectivity index (χ1v) is 9.01. The van der Waals surface area contributed by atoms with Crippen LogP contribution in [0.15, 0.2) is 29.6 Å². The van der Waals surface area contributed by atoms with Crippen molar-refractivity contribution in [2.45, 2.75) is 33.9 Å². The van der Waals surface area contributed by atoms with Crippen LogP contribution in [-0.2, 0) is 17.9 Å². The predicted octanol–water partition coefficient (Wildman–Crippen LogP) is 3.45. The highest BCUT2D eigenvalue weighted by Gasteiger charge is 2.17. The second kappa shape index (κ2) is 8.68. The van der Waals surface area contributed by atoms with Crippen LogP contribution in [0.1, 0.15) is 32.0 Å². The van der Waals surface area contributed by atoms with Crippen molar-refractivity contribution in [3.05, 3.63) is 51.0 Å². The third kappa shape index (κ3) is 4.83. The summed E-state index contributed by atoms with van der Waals surface area (Å²) in [5.41, 5.74) is 1.68. The number of amides is 1. The van der Waals surface area contributed by atoms with E-state index < -0.39 is 0 Å². The number of nitro benzene ring substituents is 1. The molecule has 0 unspecified atom stereocenters. The van der Waals surface area contributed by atoms with E-state index in [1.54, 1.807) is 17.0 Å². The molecule has 134 valence electrons. The van der Waals surface area contributed by atoms with Crippen molar-refractivity contribution in [3.63, 3.8) is 0 Å². The summed E-state index contributed by atoms with van der Waals surface area (Å²) in [6.07, 6.45) is 0. The molecule has 0 bridgehead atoms. The highest BCUT2D eigenvalue weighted by atomic mass is 32.1. The van der Waals surface area contributed by atoms with Gasteiger partial charge in [-0.1, -0.05) is 25.1 Å². The monoisotopic (exact) mass is 362 g/mol. The largest absolute Gasteiger partial charge is 0.293 e. The summed E-state index contributed by atoms with van der Waals surface area (Å²) in [6.45, 7) is 7.82. The zero-order chi connectivity index (χ0) is 18.4. The Kier molecular flexibility index (Phi) is 6.60. The molecule has 0 radical (unpaired) electrons. The second-order valence-electron chi connectivity index (χ2n) is 5.57. The Morgan fingerprint density at radius 1 is 1.24 bits per heavy atom. The molecule has 0 N–H and O–H groups in total. The Morgan fingerprint density at radius 2 is 1.96 bits per heavy atom. The molecule has 25 heavy (non-hydrogen) atoms. The lowest BCUT2D eigenvalue weighted by atomic mass is 10.1. The molecule has 0 atom stereocenters. The number of para-hydroxylation sites is 1. The van der Waals surface area contributed by atoms with Crippen LogP contribution in [0, 0.1) is 10.1 Å². The van der Waals surface area contributed by atoms with Crippen molar-refractivity contribution in [1.82, 2.24) is 9.88 Å². The van der Waals surface area contributed by atoms with Gasteiger partial charge in [-0.15, -0.1) is 11.3 Å². The van der Waals surface area contributed by atoms with E-state index in [1.165, 1.54) is 24.3 Å². The minimum atomic E-state index is -0.351. The van der Waals surface area contributed by atoms with Crippen molar-refractivity contribution in [1.29, 1.82) is 0 Å².